The molecule has 0 fully saturated rings. The highest BCUT2D eigenvalue weighted by Crippen LogP contribution is 2.18. The number of aliphatic hydroxyl groups is 2. The van der Waals surface area contributed by atoms with Crippen LogP contribution in [0.3, 0.4) is 0 Å². The van der Waals surface area contributed by atoms with Gasteiger partial charge in [-0.1, -0.05) is 29.8 Å². The van der Waals surface area contributed by atoms with Gasteiger partial charge in [-0.2, -0.15) is 0 Å². The largest absolute Gasteiger partial charge is 0.368 e. The molecule has 0 bridgehead atoms. The first-order chi connectivity index (χ1) is 4.09. The standard InChI is InChI=1S/C6H13BrO2/c1-3-5(4(2)7)6(8)9/h4-6,8-9H,3H2,1-2H3. The second-order valence-electron chi connectivity index (χ2n) is 2.16. The molecule has 0 aliphatic carbocycles. The molecule has 0 saturated heterocycles. The Morgan fingerprint density at radius 2 is 1.89 bits per heavy atom. The first-order valence-corrected chi connectivity index (χ1v) is 4.01. The first kappa shape index (κ1) is 9.40. The maximum atomic E-state index is 8.71. The molecular formula is C6H13BrO2. The number of hydrogen-bond donors (Lipinski definition) is 2. The zero-order valence-electron chi connectivity index (χ0n) is 5.71. The molecule has 0 heterocycles. The van der Waals surface area contributed by atoms with E-state index in [4.69, 9.17) is 10.2 Å². The van der Waals surface area contributed by atoms with Crippen molar-refractivity contribution in [3.05, 3.63) is 0 Å². The minimum Gasteiger partial charge on any atom is -0.368 e. The maximum absolute atomic E-state index is 8.71. The van der Waals surface area contributed by atoms with Crippen molar-refractivity contribution in [2.75, 3.05) is 0 Å². The summed E-state index contributed by atoms with van der Waals surface area (Å²) in [5, 5.41) is 17.4. The average Bonchev–Trinajstić information content (AvgIpc) is 1.64. The molecule has 0 spiro atoms. The van der Waals surface area contributed by atoms with Gasteiger partial charge in [-0.05, 0) is 6.42 Å². The molecule has 0 rings (SSSR count). The van der Waals surface area contributed by atoms with Crippen molar-refractivity contribution >= 4 is 15.9 Å². The monoisotopic (exact) mass is 196 g/mol. The minimum atomic E-state index is -1.19. The van der Waals surface area contributed by atoms with Crippen LogP contribution >= 0.6 is 15.9 Å². The van der Waals surface area contributed by atoms with Crippen LogP contribution in [0.25, 0.3) is 0 Å². The lowest BCUT2D eigenvalue weighted by Crippen LogP contribution is -2.25. The fourth-order valence-electron chi connectivity index (χ4n) is 0.773. The van der Waals surface area contributed by atoms with Crippen molar-refractivity contribution in [2.24, 2.45) is 5.92 Å². The molecule has 0 radical (unpaired) electrons. The molecule has 0 aromatic carbocycles. The van der Waals surface area contributed by atoms with Gasteiger partial charge in [0.25, 0.3) is 0 Å². The summed E-state index contributed by atoms with van der Waals surface area (Å²) in [5.41, 5.74) is 0. The molecule has 2 N–H and O–H groups in total. The van der Waals surface area contributed by atoms with E-state index in [1.54, 1.807) is 0 Å². The van der Waals surface area contributed by atoms with Crippen LogP contribution in [0, 0.1) is 5.92 Å². The molecule has 2 unspecified atom stereocenters. The zero-order valence-corrected chi connectivity index (χ0v) is 7.30. The second kappa shape index (κ2) is 4.25. The van der Waals surface area contributed by atoms with E-state index >= 15 is 0 Å². The predicted molar refractivity (Wildman–Crippen MR) is 40.4 cm³/mol. The van der Waals surface area contributed by atoms with Crippen molar-refractivity contribution in [2.45, 2.75) is 31.4 Å². The summed E-state index contributed by atoms with van der Waals surface area (Å²) in [7, 11) is 0. The Morgan fingerprint density at radius 3 is 1.89 bits per heavy atom. The Hall–Kier alpha value is 0.400. The average molecular weight is 197 g/mol. The Kier molecular flexibility index (Phi) is 4.44. The molecule has 0 aliphatic rings. The highest BCUT2D eigenvalue weighted by molar-refractivity contribution is 9.09. The van der Waals surface area contributed by atoms with Crippen LogP contribution in [0.1, 0.15) is 20.3 Å². The Bertz CT molecular complexity index is 65.5. The third kappa shape index (κ3) is 3.18. The van der Waals surface area contributed by atoms with Gasteiger partial charge < -0.3 is 10.2 Å². The van der Waals surface area contributed by atoms with Crippen molar-refractivity contribution < 1.29 is 10.2 Å². The Balaban J connectivity index is 3.68. The van der Waals surface area contributed by atoms with Crippen LogP contribution in [0.5, 0.6) is 0 Å². The van der Waals surface area contributed by atoms with Gasteiger partial charge in [0.2, 0.25) is 0 Å². The van der Waals surface area contributed by atoms with E-state index in [1.807, 2.05) is 13.8 Å². The summed E-state index contributed by atoms with van der Waals surface area (Å²) >= 11 is 3.28. The highest BCUT2D eigenvalue weighted by Gasteiger charge is 2.18. The van der Waals surface area contributed by atoms with Gasteiger partial charge in [0.1, 0.15) is 0 Å². The van der Waals surface area contributed by atoms with Gasteiger partial charge in [-0.25, -0.2) is 0 Å². The van der Waals surface area contributed by atoms with Gasteiger partial charge in [0, 0.05) is 10.7 Å². The number of halogens is 1. The zero-order chi connectivity index (χ0) is 7.44. The number of rotatable bonds is 3. The molecule has 0 amide bonds. The molecule has 0 saturated carbocycles. The summed E-state index contributed by atoms with van der Waals surface area (Å²) in [6.07, 6.45) is -0.409. The van der Waals surface area contributed by atoms with Crippen molar-refractivity contribution in [3.8, 4) is 0 Å². The van der Waals surface area contributed by atoms with Crippen LogP contribution in [0.4, 0.5) is 0 Å². The quantitative estimate of drug-likeness (QED) is 0.525. The van der Waals surface area contributed by atoms with Crippen LogP contribution in [-0.2, 0) is 0 Å². The van der Waals surface area contributed by atoms with E-state index in [1.165, 1.54) is 0 Å². The molecule has 0 aromatic rings. The predicted octanol–water partition coefficient (Wildman–Crippen LogP) is 1.11. The van der Waals surface area contributed by atoms with E-state index in [-0.39, 0.29) is 10.7 Å². The molecule has 2 nitrogen and oxygen atoms in total. The maximum Gasteiger partial charge on any atom is 0.155 e. The van der Waals surface area contributed by atoms with Crippen molar-refractivity contribution in [1.82, 2.24) is 0 Å². The number of alkyl halides is 1. The van der Waals surface area contributed by atoms with E-state index in [2.05, 4.69) is 15.9 Å². The van der Waals surface area contributed by atoms with Crippen LogP contribution in [-0.4, -0.2) is 21.3 Å². The normalized spacial score (nSPS) is 18.0. The summed E-state index contributed by atoms with van der Waals surface area (Å²) < 4.78 is 0. The highest BCUT2D eigenvalue weighted by atomic mass is 79.9. The number of aliphatic hydroxyl groups excluding tert-OH is 1. The topological polar surface area (TPSA) is 40.5 Å². The van der Waals surface area contributed by atoms with E-state index in [0.717, 1.165) is 6.42 Å². The summed E-state index contributed by atoms with van der Waals surface area (Å²) in [6, 6.07) is 0. The van der Waals surface area contributed by atoms with Crippen molar-refractivity contribution in [1.29, 1.82) is 0 Å². The van der Waals surface area contributed by atoms with Gasteiger partial charge >= 0.3 is 0 Å². The number of hydrogen-bond acceptors (Lipinski definition) is 2. The Morgan fingerprint density at radius 1 is 1.44 bits per heavy atom. The summed E-state index contributed by atoms with van der Waals surface area (Å²) in [6.45, 7) is 3.84. The van der Waals surface area contributed by atoms with Gasteiger partial charge in [-0.3, -0.25) is 0 Å². The molecule has 2 atom stereocenters. The molecule has 0 aromatic heterocycles. The smallest absolute Gasteiger partial charge is 0.155 e. The third-order valence-corrected chi connectivity index (χ3v) is 2.12. The minimum absolute atomic E-state index is 0.0509. The fraction of sp³-hybridized carbons (Fsp3) is 1.00. The molecule has 3 heteroatoms. The third-order valence-electron chi connectivity index (χ3n) is 1.44. The van der Waals surface area contributed by atoms with Crippen molar-refractivity contribution in [3.63, 3.8) is 0 Å². The van der Waals surface area contributed by atoms with E-state index in [0.29, 0.717) is 0 Å². The fourth-order valence-corrected chi connectivity index (χ4v) is 1.42. The summed E-state index contributed by atoms with van der Waals surface area (Å²) in [5.74, 6) is -0.0509. The Labute approximate surface area is 64.0 Å². The molecule has 9 heavy (non-hydrogen) atoms. The van der Waals surface area contributed by atoms with Gasteiger partial charge in [-0.15, -0.1) is 0 Å². The van der Waals surface area contributed by atoms with E-state index < -0.39 is 6.29 Å². The van der Waals surface area contributed by atoms with Gasteiger partial charge in [0.15, 0.2) is 6.29 Å². The molecular weight excluding hydrogens is 184 g/mol. The van der Waals surface area contributed by atoms with E-state index in [9.17, 15) is 0 Å². The molecule has 0 aliphatic heterocycles. The SMILES string of the molecule is CCC(C(O)O)C(C)Br. The first-order valence-electron chi connectivity index (χ1n) is 3.09. The second-order valence-corrected chi connectivity index (χ2v) is 3.61. The lowest BCUT2D eigenvalue weighted by atomic mass is 10.0. The lowest BCUT2D eigenvalue weighted by molar-refractivity contribution is -0.0831. The van der Waals surface area contributed by atoms with Crippen LogP contribution in [0.15, 0.2) is 0 Å². The lowest BCUT2D eigenvalue weighted by Gasteiger charge is -2.18. The van der Waals surface area contributed by atoms with Gasteiger partial charge in [0.05, 0.1) is 0 Å². The summed E-state index contributed by atoms with van der Waals surface area (Å²) in [4.78, 5) is 0.169. The van der Waals surface area contributed by atoms with Crippen LogP contribution < -0.4 is 0 Å². The molecule has 56 valence electrons. The van der Waals surface area contributed by atoms with Crippen LogP contribution in [0.2, 0.25) is 0 Å².